The van der Waals surface area contributed by atoms with Crippen LogP contribution in [0.25, 0.3) is 0 Å². The fourth-order valence-corrected chi connectivity index (χ4v) is 2.68. The number of likely N-dealkylation sites (tertiary alicyclic amines) is 1. The van der Waals surface area contributed by atoms with Gasteiger partial charge in [0, 0.05) is 11.1 Å². The quantitative estimate of drug-likeness (QED) is 0.561. The maximum atomic E-state index is 2.53. The maximum Gasteiger partial charge on any atom is 0.110 e. The molecule has 0 atom stereocenters. The van der Waals surface area contributed by atoms with Crippen molar-refractivity contribution in [3.05, 3.63) is 0 Å². The molecule has 2 heteroatoms. The van der Waals surface area contributed by atoms with E-state index >= 15 is 0 Å². The maximum absolute atomic E-state index is 2.53. The highest BCUT2D eigenvalue weighted by molar-refractivity contribution is 6.35. The third-order valence-electron chi connectivity index (χ3n) is 3.81. The minimum Gasteiger partial charge on any atom is -0.296 e. The van der Waals surface area contributed by atoms with Crippen LogP contribution < -0.4 is 0 Å². The highest BCUT2D eigenvalue weighted by atomic mass is 15.2. The van der Waals surface area contributed by atoms with Gasteiger partial charge in [0.25, 0.3) is 0 Å². The van der Waals surface area contributed by atoms with Crippen LogP contribution in [-0.4, -0.2) is 30.3 Å². The Kier molecular flexibility index (Phi) is 2.82. The summed E-state index contributed by atoms with van der Waals surface area (Å²) in [6.07, 6.45) is 2.59. The fraction of sp³-hybridized carbons (Fsp3) is 1.00. The van der Waals surface area contributed by atoms with Gasteiger partial charge in [-0.05, 0) is 47.6 Å². The Bertz CT molecular complexity index is 169. The Balaban J connectivity index is 2.82. The Morgan fingerprint density at radius 1 is 1.08 bits per heavy atom. The van der Waals surface area contributed by atoms with Crippen molar-refractivity contribution >= 4 is 7.28 Å². The first-order chi connectivity index (χ1) is 5.79. The second-order valence-corrected chi connectivity index (χ2v) is 5.69. The smallest absolute Gasteiger partial charge is 0.110 e. The molecule has 0 aromatic rings. The molecule has 75 valence electrons. The van der Waals surface area contributed by atoms with Crippen LogP contribution in [0.2, 0.25) is 12.6 Å². The van der Waals surface area contributed by atoms with Gasteiger partial charge < -0.3 is 0 Å². The second kappa shape index (κ2) is 3.31. The van der Waals surface area contributed by atoms with Gasteiger partial charge in [0.15, 0.2) is 0 Å². The lowest BCUT2D eigenvalue weighted by molar-refractivity contribution is -0.00179. The van der Waals surface area contributed by atoms with Gasteiger partial charge in [0.1, 0.15) is 7.28 Å². The van der Waals surface area contributed by atoms with E-state index in [-0.39, 0.29) is 0 Å². The second-order valence-electron chi connectivity index (χ2n) is 5.69. The van der Waals surface area contributed by atoms with Crippen molar-refractivity contribution in [1.29, 1.82) is 0 Å². The van der Waals surface area contributed by atoms with Gasteiger partial charge in [0.05, 0.1) is 0 Å². The number of piperidine rings is 1. The molecule has 0 unspecified atom stereocenters. The summed E-state index contributed by atoms with van der Waals surface area (Å²) in [4.78, 5) is 2.53. The first-order valence-electron chi connectivity index (χ1n) is 5.33. The third-order valence-corrected chi connectivity index (χ3v) is 3.81. The van der Waals surface area contributed by atoms with Crippen LogP contribution in [0.5, 0.6) is 0 Å². The van der Waals surface area contributed by atoms with E-state index in [0.29, 0.717) is 11.1 Å². The van der Waals surface area contributed by atoms with Gasteiger partial charge in [-0.1, -0.05) is 12.6 Å². The number of nitrogens with zero attached hydrogens (tertiary/aromatic N) is 1. The van der Waals surface area contributed by atoms with E-state index in [0.717, 1.165) is 5.82 Å². The predicted octanol–water partition coefficient (Wildman–Crippen LogP) is 2.81. The van der Waals surface area contributed by atoms with Gasteiger partial charge in [-0.3, -0.25) is 4.90 Å². The van der Waals surface area contributed by atoms with Gasteiger partial charge in [-0.25, -0.2) is 0 Å². The minimum absolute atomic E-state index is 0.346. The molecule has 1 aliphatic heterocycles. The molecule has 1 fully saturated rings. The van der Waals surface area contributed by atoms with Gasteiger partial charge in [0.2, 0.25) is 0 Å². The molecule has 0 aliphatic carbocycles. The Morgan fingerprint density at radius 3 is 1.77 bits per heavy atom. The van der Waals surface area contributed by atoms with Crippen LogP contribution in [0.15, 0.2) is 0 Å². The SMILES string of the molecule is C[B]C1CC(C)(C)N(C)C(C)(C)C1. The van der Waals surface area contributed by atoms with Crippen molar-refractivity contribution in [3.8, 4) is 0 Å². The Labute approximate surface area is 84.1 Å². The molecule has 1 aliphatic rings. The number of hydrogen-bond acceptors (Lipinski definition) is 1. The lowest BCUT2D eigenvalue weighted by Gasteiger charge is -2.53. The highest BCUT2D eigenvalue weighted by Crippen LogP contribution is 2.42. The number of rotatable bonds is 1. The molecule has 0 bridgehead atoms. The van der Waals surface area contributed by atoms with E-state index in [9.17, 15) is 0 Å². The van der Waals surface area contributed by atoms with E-state index in [4.69, 9.17) is 0 Å². The van der Waals surface area contributed by atoms with Crippen LogP contribution in [0, 0.1) is 0 Å². The summed E-state index contributed by atoms with van der Waals surface area (Å²) < 4.78 is 0. The molecule has 0 aromatic heterocycles. The molecule has 1 saturated heterocycles. The average Bonchev–Trinajstić information content (AvgIpc) is 1.99. The summed E-state index contributed by atoms with van der Waals surface area (Å²) in [6, 6.07) is 0. The summed E-state index contributed by atoms with van der Waals surface area (Å²) in [6.45, 7) is 11.6. The average molecular weight is 180 g/mol. The van der Waals surface area contributed by atoms with Gasteiger partial charge >= 0.3 is 0 Å². The molecule has 1 rings (SSSR count). The molecular weight excluding hydrogens is 157 g/mol. The summed E-state index contributed by atoms with van der Waals surface area (Å²) >= 11 is 0. The predicted molar refractivity (Wildman–Crippen MR) is 60.5 cm³/mol. The van der Waals surface area contributed by atoms with Gasteiger partial charge in [-0.15, -0.1) is 0 Å². The number of hydrogen-bond donors (Lipinski definition) is 0. The topological polar surface area (TPSA) is 3.24 Å². The van der Waals surface area contributed by atoms with E-state index in [2.05, 4.69) is 53.7 Å². The van der Waals surface area contributed by atoms with Crippen molar-refractivity contribution in [2.24, 2.45) is 0 Å². The molecule has 0 N–H and O–H groups in total. The largest absolute Gasteiger partial charge is 0.296 e. The van der Waals surface area contributed by atoms with Crippen LogP contribution in [-0.2, 0) is 0 Å². The van der Waals surface area contributed by atoms with Crippen LogP contribution in [0.4, 0.5) is 0 Å². The van der Waals surface area contributed by atoms with Crippen molar-refractivity contribution in [3.63, 3.8) is 0 Å². The van der Waals surface area contributed by atoms with Crippen LogP contribution >= 0.6 is 0 Å². The molecule has 1 radical (unpaired) electrons. The standard InChI is InChI=1S/C11H23BN/c1-10(2)7-9(12-5)8-11(3,4)13(10)6/h9H,7-8H2,1-6H3. The normalized spacial score (nSPS) is 28.8. The summed E-state index contributed by atoms with van der Waals surface area (Å²) in [5.74, 6) is 0.793. The van der Waals surface area contributed by atoms with Crippen molar-refractivity contribution in [1.82, 2.24) is 4.90 Å². The van der Waals surface area contributed by atoms with E-state index < -0.39 is 0 Å². The lowest BCUT2D eigenvalue weighted by Crippen LogP contribution is -2.57. The zero-order valence-corrected chi connectivity index (χ0v) is 10.0. The molecule has 0 spiro atoms. The van der Waals surface area contributed by atoms with Crippen molar-refractivity contribution < 1.29 is 0 Å². The van der Waals surface area contributed by atoms with E-state index in [1.165, 1.54) is 12.8 Å². The first kappa shape index (κ1) is 11.1. The molecule has 1 nitrogen and oxygen atoms in total. The van der Waals surface area contributed by atoms with Crippen molar-refractivity contribution in [2.45, 2.75) is 64.3 Å². The Hall–Kier alpha value is 0.0249. The third kappa shape index (κ3) is 2.09. The van der Waals surface area contributed by atoms with Gasteiger partial charge in [-0.2, -0.15) is 0 Å². The van der Waals surface area contributed by atoms with Crippen LogP contribution in [0.3, 0.4) is 0 Å². The zero-order valence-electron chi connectivity index (χ0n) is 10.0. The van der Waals surface area contributed by atoms with Crippen LogP contribution in [0.1, 0.15) is 40.5 Å². The zero-order chi connectivity index (χ0) is 10.3. The molecule has 0 aromatic carbocycles. The molecule has 0 saturated carbocycles. The van der Waals surface area contributed by atoms with Crippen molar-refractivity contribution in [2.75, 3.05) is 7.05 Å². The molecule has 1 heterocycles. The summed E-state index contributed by atoms with van der Waals surface area (Å²) in [5.41, 5.74) is 0.692. The fourth-order valence-electron chi connectivity index (χ4n) is 2.68. The first-order valence-corrected chi connectivity index (χ1v) is 5.33. The minimum atomic E-state index is 0.346. The summed E-state index contributed by atoms with van der Waals surface area (Å²) in [7, 11) is 4.63. The molecular formula is C11H23BN. The van der Waals surface area contributed by atoms with E-state index in [1.54, 1.807) is 0 Å². The highest BCUT2D eigenvalue weighted by Gasteiger charge is 2.41. The van der Waals surface area contributed by atoms with E-state index in [1.807, 2.05) is 0 Å². The molecule has 13 heavy (non-hydrogen) atoms. The lowest BCUT2D eigenvalue weighted by atomic mass is 9.56. The Morgan fingerprint density at radius 2 is 1.46 bits per heavy atom. The molecule has 0 amide bonds. The summed E-state index contributed by atoms with van der Waals surface area (Å²) in [5, 5.41) is 0. The monoisotopic (exact) mass is 180 g/mol.